The lowest BCUT2D eigenvalue weighted by Gasteiger charge is -2.15. The summed E-state index contributed by atoms with van der Waals surface area (Å²) in [4.78, 5) is 31.5. The van der Waals surface area contributed by atoms with Crippen molar-refractivity contribution in [2.75, 3.05) is 18.4 Å². The number of amides is 2. The molecule has 162 valence electrons. The van der Waals surface area contributed by atoms with Crippen LogP contribution in [-0.4, -0.2) is 54.4 Å². The SMILES string of the molecule is Cn1ncc(C(=O)N2CCCC2)c1OC(=O)Nc1ccc2nc(-c3ccccc3)nn2c1. The summed E-state index contributed by atoms with van der Waals surface area (Å²) in [6.07, 6.45) is 4.29. The Labute approximate surface area is 183 Å². The van der Waals surface area contributed by atoms with Gasteiger partial charge < -0.3 is 9.64 Å². The highest BCUT2D eigenvalue weighted by Crippen LogP contribution is 2.22. The van der Waals surface area contributed by atoms with Crippen molar-refractivity contribution >= 4 is 23.3 Å². The van der Waals surface area contributed by atoms with Gasteiger partial charge in [0, 0.05) is 25.7 Å². The van der Waals surface area contributed by atoms with Gasteiger partial charge >= 0.3 is 6.09 Å². The summed E-state index contributed by atoms with van der Waals surface area (Å²) in [7, 11) is 1.62. The van der Waals surface area contributed by atoms with Gasteiger partial charge in [0.05, 0.1) is 18.1 Å². The molecule has 10 heteroatoms. The Kier molecular flexibility index (Phi) is 5.02. The van der Waals surface area contributed by atoms with Gasteiger partial charge in [-0.2, -0.15) is 5.10 Å². The quantitative estimate of drug-likeness (QED) is 0.532. The normalized spacial score (nSPS) is 13.5. The van der Waals surface area contributed by atoms with Gasteiger partial charge in [0.25, 0.3) is 5.91 Å². The van der Waals surface area contributed by atoms with E-state index in [0.29, 0.717) is 30.2 Å². The van der Waals surface area contributed by atoms with Gasteiger partial charge in [-0.3, -0.25) is 10.1 Å². The van der Waals surface area contributed by atoms with Crippen LogP contribution in [0.15, 0.2) is 54.9 Å². The molecule has 0 unspecified atom stereocenters. The van der Waals surface area contributed by atoms with E-state index in [-0.39, 0.29) is 17.4 Å². The lowest BCUT2D eigenvalue weighted by Crippen LogP contribution is -2.28. The summed E-state index contributed by atoms with van der Waals surface area (Å²) in [5.41, 5.74) is 2.29. The third-order valence-electron chi connectivity index (χ3n) is 5.31. The lowest BCUT2D eigenvalue weighted by atomic mass is 10.2. The third kappa shape index (κ3) is 3.78. The van der Waals surface area contributed by atoms with E-state index in [2.05, 4.69) is 20.5 Å². The molecule has 10 nitrogen and oxygen atoms in total. The monoisotopic (exact) mass is 431 g/mol. The standard InChI is InChI=1S/C22H21N7O3/c1-27-21(17(13-23-27)20(30)28-11-5-6-12-28)32-22(31)24-16-9-10-18-25-19(26-29(18)14-16)15-7-3-2-4-8-15/h2-4,7-10,13-14H,5-6,11-12H2,1H3,(H,24,31). The molecule has 0 radical (unpaired) electrons. The second kappa shape index (κ2) is 8.14. The fourth-order valence-corrected chi connectivity index (χ4v) is 3.68. The molecule has 4 aromatic rings. The number of likely N-dealkylation sites (tertiary alicyclic amines) is 1. The Hall–Kier alpha value is -4.21. The number of aromatic nitrogens is 5. The first-order chi connectivity index (χ1) is 15.6. The minimum atomic E-state index is -0.730. The summed E-state index contributed by atoms with van der Waals surface area (Å²) in [6.45, 7) is 1.39. The van der Waals surface area contributed by atoms with Crippen LogP contribution in [0.2, 0.25) is 0 Å². The van der Waals surface area contributed by atoms with E-state index in [0.717, 1.165) is 18.4 Å². The van der Waals surface area contributed by atoms with Gasteiger partial charge in [0.2, 0.25) is 5.88 Å². The predicted octanol–water partition coefficient (Wildman–Crippen LogP) is 2.98. The largest absolute Gasteiger partial charge is 0.418 e. The summed E-state index contributed by atoms with van der Waals surface area (Å²) >= 11 is 0. The van der Waals surface area contributed by atoms with Crippen LogP contribution < -0.4 is 10.1 Å². The second-order valence-corrected chi connectivity index (χ2v) is 7.52. The molecule has 0 bridgehead atoms. The molecule has 32 heavy (non-hydrogen) atoms. The van der Waals surface area contributed by atoms with E-state index >= 15 is 0 Å². The summed E-state index contributed by atoms with van der Waals surface area (Å²) in [6, 6.07) is 13.1. The highest BCUT2D eigenvalue weighted by atomic mass is 16.6. The van der Waals surface area contributed by atoms with Gasteiger partial charge in [-0.1, -0.05) is 30.3 Å². The molecule has 5 rings (SSSR count). The average molecular weight is 431 g/mol. The number of rotatable bonds is 4. The van der Waals surface area contributed by atoms with E-state index in [9.17, 15) is 9.59 Å². The zero-order valence-corrected chi connectivity index (χ0v) is 17.4. The first-order valence-corrected chi connectivity index (χ1v) is 10.3. The molecule has 1 aliphatic rings. The molecule has 1 fully saturated rings. The minimum Gasteiger partial charge on any atom is -0.390 e. The molecule has 0 spiro atoms. The topological polar surface area (TPSA) is 107 Å². The number of hydrogen-bond acceptors (Lipinski definition) is 6. The minimum absolute atomic E-state index is 0.104. The van der Waals surface area contributed by atoms with Crippen LogP contribution >= 0.6 is 0 Å². The Morgan fingerprint density at radius 1 is 1.06 bits per heavy atom. The van der Waals surface area contributed by atoms with Crippen LogP contribution in [0, 0.1) is 0 Å². The number of nitrogens with one attached hydrogen (secondary N) is 1. The van der Waals surface area contributed by atoms with E-state index in [1.165, 1.54) is 10.9 Å². The van der Waals surface area contributed by atoms with Crippen LogP contribution in [0.3, 0.4) is 0 Å². The summed E-state index contributed by atoms with van der Waals surface area (Å²) < 4.78 is 8.40. The number of carbonyl (C=O) groups is 2. The summed E-state index contributed by atoms with van der Waals surface area (Å²) in [5, 5.41) is 11.2. The molecule has 1 aromatic carbocycles. The zero-order chi connectivity index (χ0) is 22.1. The maximum absolute atomic E-state index is 12.7. The molecule has 0 aliphatic carbocycles. The number of nitrogens with zero attached hydrogens (tertiary/aromatic N) is 6. The van der Waals surface area contributed by atoms with E-state index in [1.807, 2.05) is 30.3 Å². The van der Waals surface area contributed by atoms with Crippen LogP contribution in [0.4, 0.5) is 10.5 Å². The second-order valence-electron chi connectivity index (χ2n) is 7.52. The summed E-state index contributed by atoms with van der Waals surface area (Å²) in [5.74, 6) is 0.508. The van der Waals surface area contributed by atoms with E-state index in [4.69, 9.17) is 4.74 Å². The van der Waals surface area contributed by atoms with Crippen molar-refractivity contribution in [1.82, 2.24) is 29.3 Å². The molecule has 4 heterocycles. The molecule has 0 saturated carbocycles. The molecule has 0 atom stereocenters. The predicted molar refractivity (Wildman–Crippen MR) is 116 cm³/mol. The third-order valence-corrected chi connectivity index (χ3v) is 5.31. The van der Waals surface area contributed by atoms with Gasteiger partial charge in [-0.15, -0.1) is 5.10 Å². The number of fused-ring (bicyclic) bond motifs is 1. The van der Waals surface area contributed by atoms with Crippen LogP contribution in [-0.2, 0) is 7.05 Å². The molecule has 1 saturated heterocycles. The molecule has 1 aliphatic heterocycles. The first kappa shape index (κ1) is 19.7. The van der Waals surface area contributed by atoms with Crippen LogP contribution in [0.25, 0.3) is 17.0 Å². The van der Waals surface area contributed by atoms with Crippen molar-refractivity contribution in [3.05, 3.63) is 60.4 Å². The first-order valence-electron chi connectivity index (χ1n) is 10.3. The van der Waals surface area contributed by atoms with Crippen LogP contribution in [0.5, 0.6) is 5.88 Å². The smallest absolute Gasteiger partial charge is 0.390 e. The van der Waals surface area contributed by atoms with E-state index in [1.54, 1.807) is 34.8 Å². The fraction of sp³-hybridized carbons (Fsp3) is 0.227. The number of ether oxygens (including phenoxy) is 1. The van der Waals surface area contributed by atoms with Crippen LogP contribution in [0.1, 0.15) is 23.2 Å². The highest BCUT2D eigenvalue weighted by Gasteiger charge is 2.26. The Bertz CT molecular complexity index is 1290. The van der Waals surface area contributed by atoms with Crippen molar-refractivity contribution in [3.8, 4) is 17.3 Å². The maximum Gasteiger partial charge on any atom is 0.418 e. The molecule has 2 amide bonds. The molecule has 1 N–H and O–H groups in total. The highest BCUT2D eigenvalue weighted by molar-refractivity contribution is 5.97. The van der Waals surface area contributed by atoms with Gasteiger partial charge in [-0.25, -0.2) is 19.0 Å². The van der Waals surface area contributed by atoms with Gasteiger partial charge in [-0.05, 0) is 25.0 Å². The van der Waals surface area contributed by atoms with Crippen molar-refractivity contribution in [2.45, 2.75) is 12.8 Å². The zero-order valence-electron chi connectivity index (χ0n) is 17.4. The Balaban J connectivity index is 1.32. The lowest BCUT2D eigenvalue weighted by molar-refractivity contribution is 0.0790. The van der Waals surface area contributed by atoms with Crippen molar-refractivity contribution in [3.63, 3.8) is 0 Å². The maximum atomic E-state index is 12.7. The van der Waals surface area contributed by atoms with Gasteiger partial charge in [0.1, 0.15) is 5.56 Å². The number of carbonyl (C=O) groups excluding carboxylic acids is 2. The number of benzene rings is 1. The van der Waals surface area contributed by atoms with Crippen molar-refractivity contribution in [2.24, 2.45) is 7.05 Å². The fourth-order valence-electron chi connectivity index (χ4n) is 3.68. The molecular weight excluding hydrogens is 410 g/mol. The number of aryl methyl sites for hydroxylation is 1. The van der Waals surface area contributed by atoms with Crippen molar-refractivity contribution in [1.29, 1.82) is 0 Å². The Morgan fingerprint density at radius 2 is 1.84 bits per heavy atom. The number of hydrogen-bond donors (Lipinski definition) is 1. The molecular formula is C22H21N7O3. The average Bonchev–Trinajstić information content (AvgIpc) is 3.55. The van der Waals surface area contributed by atoms with Gasteiger partial charge in [0.15, 0.2) is 11.5 Å². The number of pyridine rings is 1. The number of anilines is 1. The molecule has 3 aromatic heterocycles. The van der Waals surface area contributed by atoms with E-state index < -0.39 is 6.09 Å². The van der Waals surface area contributed by atoms with Crippen molar-refractivity contribution < 1.29 is 14.3 Å². The Morgan fingerprint density at radius 3 is 2.62 bits per heavy atom.